The Labute approximate surface area is 117 Å². The first kappa shape index (κ1) is 14.4. The van der Waals surface area contributed by atoms with Gasteiger partial charge >= 0.3 is 5.97 Å². The molecule has 2 rings (SSSR count). The molecule has 0 bridgehead atoms. The summed E-state index contributed by atoms with van der Waals surface area (Å²) in [6.45, 7) is 0.561. The molecule has 6 heteroatoms. The van der Waals surface area contributed by atoms with Gasteiger partial charge in [-0.25, -0.2) is 0 Å². The largest absolute Gasteiger partial charge is 0.469 e. The summed E-state index contributed by atoms with van der Waals surface area (Å²) < 4.78 is 4.68. The highest BCUT2D eigenvalue weighted by atomic mass is 32.2. The summed E-state index contributed by atoms with van der Waals surface area (Å²) >= 11 is 1.52. The predicted molar refractivity (Wildman–Crippen MR) is 71.6 cm³/mol. The van der Waals surface area contributed by atoms with Crippen LogP contribution in [0.5, 0.6) is 0 Å². The van der Waals surface area contributed by atoms with Crippen molar-refractivity contribution in [1.29, 1.82) is 0 Å². The first-order valence-corrected chi connectivity index (χ1v) is 7.70. The highest BCUT2D eigenvalue weighted by molar-refractivity contribution is 8.00. The highest BCUT2D eigenvalue weighted by Crippen LogP contribution is 2.51. The third kappa shape index (κ3) is 3.72. The average Bonchev–Trinajstić information content (AvgIpc) is 2.99. The SMILES string of the molecule is COC(=O)CC1(CSCC(=O)N2CCCC2=O)CC1. The third-order valence-electron chi connectivity index (χ3n) is 3.71. The number of hydrogen-bond acceptors (Lipinski definition) is 5. The van der Waals surface area contributed by atoms with Crippen LogP contribution >= 0.6 is 11.8 Å². The van der Waals surface area contributed by atoms with Crippen molar-refractivity contribution in [2.75, 3.05) is 25.2 Å². The Balaban J connectivity index is 1.70. The van der Waals surface area contributed by atoms with Gasteiger partial charge < -0.3 is 4.74 Å². The van der Waals surface area contributed by atoms with Crippen molar-refractivity contribution >= 4 is 29.5 Å². The van der Waals surface area contributed by atoms with Crippen molar-refractivity contribution in [2.24, 2.45) is 5.41 Å². The molecule has 1 aliphatic carbocycles. The van der Waals surface area contributed by atoms with Gasteiger partial charge in [0.05, 0.1) is 19.3 Å². The van der Waals surface area contributed by atoms with Crippen LogP contribution in [0.4, 0.5) is 0 Å². The molecular weight excluding hydrogens is 266 g/mol. The van der Waals surface area contributed by atoms with Crippen LogP contribution in [0.25, 0.3) is 0 Å². The Morgan fingerprint density at radius 2 is 2.16 bits per heavy atom. The van der Waals surface area contributed by atoms with E-state index in [0.717, 1.165) is 25.0 Å². The molecule has 1 heterocycles. The monoisotopic (exact) mass is 285 g/mol. The van der Waals surface area contributed by atoms with E-state index in [2.05, 4.69) is 4.74 Å². The third-order valence-corrected chi connectivity index (χ3v) is 4.98. The number of thioether (sulfide) groups is 1. The maximum atomic E-state index is 11.8. The zero-order valence-electron chi connectivity index (χ0n) is 11.1. The lowest BCUT2D eigenvalue weighted by Gasteiger charge is -2.15. The number of methoxy groups -OCH3 is 1. The molecule has 2 aliphatic rings. The van der Waals surface area contributed by atoms with Crippen LogP contribution in [0.3, 0.4) is 0 Å². The molecule has 1 saturated carbocycles. The lowest BCUT2D eigenvalue weighted by atomic mass is 10.1. The zero-order valence-corrected chi connectivity index (χ0v) is 12.0. The van der Waals surface area contributed by atoms with Crippen LogP contribution in [0.2, 0.25) is 0 Å². The van der Waals surface area contributed by atoms with Crippen LogP contribution in [0.1, 0.15) is 32.1 Å². The van der Waals surface area contributed by atoms with E-state index in [-0.39, 0.29) is 23.2 Å². The van der Waals surface area contributed by atoms with Gasteiger partial charge in [-0.3, -0.25) is 19.3 Å². The number of likely N-dealkylation sites (tertiary alicyclic amines) is 1. The Kier molecular flexibility index (Phi) is 4.50. The van der Waals surface area contributed by atoms with Crippen molar-refractivity contribution in [1.82, 2.24) is 4.90 Å². The van der Waals surface area contributed by atoms with Gasteiger partial charge in [0.25, 0.3) is 0 Å². The second kappa shape index (κ2) is 5.94. The van der Waals surface area contributed by atoms with Crippen molar-refractivity contribution in [3.8, 4) is 0 Å². The molecule has 0 radical (unpaired) electrons. The maximum absolute atomic E-state index is 11.8. The second-order valence-electron chi connectivity index (χ2n) is 5.29. The van der Waals surface area contributed by atoms with Gasteiger partial charge in [-0.1, -0.05) is 0 Å². The van der Waals surface area contributed by atoms with Crippen LogP contribution < -0.4 is 0 Å². The van der Waals surface area contributed by atoms with Crippen LogP contribution in [0.15, 0.2) is 0 Å². The fourth-order valence-electron chi connectivity index (χ4n) is 2.27. The van der Waals surface area contributed by atoms with E-state index in [9.17, 15) is 14.4 Å². The van der Waals surface area contributed by atoms with Gasteiger partial charge in [0.1, 0.15) is 0 Å². The molecule has 5 nitrogen and oxygen atoms in total. The minimum absolute atomic E-state index is 0.0348. The quantitative estimate of drug-likeness (QED) is 0.686. The molecule has 0 spiro atoms. The van der Waals surface area contributed by atoms with Gasteiger partial charge in [0, 0.05) is 13.0 Å². The molecule has 106 valence electrons. The number of rotatable bonds is 6. The highest BCUT2D eigenvalue weighted by Gasteiger charge is 2.44. The van der Waals surface area contributed by atoms with Crippen molar-refractivity contribution in [3.05, 3.63) is 0 Å². The summed E-state index contributed by atoms with van der Waals surface area (Å²) in [5.41, 5.74) is 0.0348. The molecule has 1 aliphatic heterocycles. The summed E-state index contributed by atoms with van der Waals surface area (Å²) in [7, 11) is 1.40. The number of carbonyl (C=O) groups excluding carboxylic acids is 3. The number of esters is 1. The van der Waals surface area contributed by atoms with E-state index < -0.39 is 0 Å². The standard InChI is InChI=1S/C13H19NO4S/c1-18-12(17)7-13(4-5-13)9-19-8-11(16)14-6-2-3-10(14)15/h2-9H2,1H3. The molecule has 0 atom stereocenters. The van der Waals surface area contributed by atoms with E-state index in [1.54, 1.807) is 0 Å². The molecular formula is C13H19NO4S. The lowest BCUT2D eigenvalue weighted by Crippen LogP contribution is -2.33. The van der Waals surface area contributed by atoms with Gasteiger partial charge in [-0.2, -0.15) is 11.8 Å². The number of carbonyl (C=O) groups is 3. The van der Waals surface area contributed by atoms with E-state index in [0.29, 0.717) is 25.1 Å². The predicted octanol–water partition coefficient (Wildman–Crippen LogP) is 1.21. The molecule has 0 aromatic carbocycles. The van der Waals surface area contributed by atoms with Crippen LogP contribution in [-0.4, -0.2) is 47.8 Å². The Bertz CT molecular complexity index is 392. The average molecular weight is 285 g/mol. The Morgan fingerprint density at radius 3 is 2.68 bits per heavy atom. The summed E-state index contributed by atoms with van der Waals surface area (Å²) in [6.07, 6.45) is 3.75. The van der Waals surface area contributed by atoms with Crippen molar-refractivity contribution < 1.29 is 19.1 Å². The van der Waals surface area contributed by atoms with E-state index in [4.69, 9.17) is 0 Å². The Morgan fingerprint density at radius 1 is 1.42 bits per heavy atom. The molecule has 1 saturated heterocycles. The summed E-state index contributed by atoms with van der Waals surface area (Å²) in [6, 6.07) is 0. The number of nitrogens with zero attached hydrogens (tertiary/aromatic N) is 1. The smallest absolute Gasteiger partial charge is 0.306 e. The van der Waals surface area contributed by atoms with Crippen LogP contribution in [0, 0.1) is 5.41 Å². The Hall–Kier alpha value is -1.04. The van der Waals surface area contributed by atoms with Crippen molar-refractivity contribution in [3.63, 3.8) is 0 Å². The number of amides is 2. The molecule has 0 aromatic rings. The zero-order chi connectivity index (χ0) is 13.9. The first-order chi connectivity index (χ1) is 9.06. The molecule has 0 unspecified atom stereocenters. The minimum Gasteiger partial charge on any atom is -0.469 e. The number of ether oxygens (including phenoxy) is 1. The normalized spacial score (nSPS) is 20.5. The fraction of sp³-hybridized carbons (Fsp3) is 0.769. The molecule has 2 fully saturated rings. The first-order valence-electron chi connectivity index (χ1n) is 6.54. The van der Waals surface area contributed by atoms with Gasteiger partial charge in [-0.05, 0) is 30.4 Å². The summed E-state index contributed by atoms with van der Waals surface area (Å²) in [5, 5.41) is 0. The minimum atomic E-state index is -0.181. The summed E-state index contributed by atoms with van der Waals surface area (Å²) in [5.74, 6) is 0.784. The second-order valence-corrected chi connectivity index (χ2v) is 6.27. The maximum Gasteiger partial charge on any atom is 0.306 e. The fourth-order valence-corrected chi connectivity index (χ4v) is 3.53. The van der Waals surface area contributed by atoms with E-state index in [1.165, 1.54) is 23.8 Å². The summed E-state index contributed by atoms with van der Waals surface area (Å²) in [4.78, 5) is 35.9. The molecule has 19 heavy (non-hydrogen) atoms. The van der Waals surface area contributed by atoms with E-state index >= 15 is 0 Å². The molecule has 0 N–H and O–H groups in total. The van der Waals surface area contributed by atoms with Crippen molar-refractivity contribution in [2.45, 2.75) is 32.1 Å². The van der Waals surface area contributed by atoms with Gasteiger partial charge in [0.15, 0.2) is 0 Å². The molecule has 0 aromatic heterocycles. The molecule has 2 amide bonds. The van der Waals surface area contributed by atoms with Crippen LogP contribution in [-0.2, 0) is 19.1 Å². The van der Waals surface area contributed by atoms with E-state index in [1.807, 2.05) is 0 Å². The van der Waals surface area contributed by atoms with Gasteiger partial charge in [-0.15, -0.1) is 0 Å². The lowest BCUT2D eigenvalue weighted by molar-refractivity contribution is -0.142. The number of hydrogen-bond donors (Lipinski definition) is 0. The van der Waals surface area contributed by atoms with Gasteiger partial charge in [0.2, 0.25) is 11.8 Å². The topological polar surface area (TPSA) is 63.7 Å². The number of imide groups is 1.